The summed E-state index contributed by atoms with van der Waals surface area (Å²) >= 11 is 0. The van der Waals surface area contributed by atoms with E-state index in [1.165, 1.54) is 0 Å². The molecule has 0 aliphatic heterocycles. The van der Waals surface area contributed by atoms with Crippen LogP contribution in [0.5, 0.6) is 11.5 Å². The highest BCUT2D eigenvalue weighted by molar-refractivity contribution is 5.88. The summed E-state index contributed by atoms with van der Waals surface area (Å²) < 4.78 is 11.1. The minimum atomic E-state index is -0.583. The van der Waals surface area contributed by atoms with Gasteiger partial charge in [0.2, 0.25) is 5.91 Å². The molecule has 0 radical (unpaired) electrons. The van der Waals surface area contributed by atoms with Gasteiger partial charge in [-0.3, -0.25) is 9.59 Å². The second kappa shape index (κ2) is 12.1. The van der Waals surface area contributed by atoms with Crippen molar-refractivity contribution in [3.05, 3.63) is 59.2 Å². The molecule has 0 bridgehead atoms. The zero-order chi connectivity index (χ0) is 23.7. The summed E-state index contributed by atoms with van der Waals surface area (Å²) in [5.74, 6) is 1.05. The van der Waals surface area contributed by atoms with Gasteiger partial charge < -0.3 is 19.7 Å². The van der Waals surface area contributed by atoms with E-state index in [0.29, 0.717) is 18.7 Å². The Morgan fingerprint density at radius 2 is 1.72 bits per heavy atom. The zero-order valence-corrected chi connectivity index (χ0v) is 20.1. The molecule has 32 heavy (non-hydrogen) atoms. The number of hydrogen-bond donors (Lipinski definition) is 1. The van der Waals surface area contributed by atoms with Crippen LogP contribution < -0.4 is 14.8 Å². The zero-order valence-electron chi connectivity index (χ0n) is 20.1. The number of amides is 2. The van der Waals surface area contributed by atoms with Gasteiger partial charge in [0.25, 0.3) is 5.91 Å². The van der Waals surface area contributed by atoms with Gasteiger partial charge in [0.05, 0.1) is 7.11 Å². The Hall–Kier alpha value is -3.02. The van der Waals surface area contributed by atoms with E-state index in [2.05, 4.69) is 5.32 Å². The summed E-state index contributed by atoms with van der Waals surface area (Å²) in [7, 11) is 1.61. The summed E-state index contributed by atoms with van der Waals surface area (Å²) in [5, 5.41) is 3.02. The van der Waals surface area contributed by atoms with E-state index < -0.39 is 6.04 Å². The quantitative estimate of drug-likeness (QED) is 0.562. The van der Waals surface area contributed by atoms with Gasteiger partial charge in [0.1, 0.15) is 17.5 Å². The lowest BCUT2D eigenvalue weighted by Gasteiger charge is -2.31. The van der Waals surface area contributed by atoms with Crippen LogP contribution in [-0.2, 0) is 16.1 Å². The molecule has 2 aromatic carbocycles. The summed E-state index contributed by atoms with van der Waals surface area (Å²) in [6.07, 6.45) is 1.33. The maximum Gasteiger partial charge on any atom is 0.261 e. The van der Waals surface area contributed by atoms with Crippen LogP contribution in [-0.4, -0.2) is 42.5 Å². The topological polar surface area (TPSA) is 67.9 Å². The summed E-state index contributed by atoms with van der Waals surface area (Å²) in [4.78, 5) is 27.9. The van der Waals surface area contributed by atoms with E-state index in [0.717, 1.165) is 28.9 Å². The molecule has 0 saturated carbocycles. The van der Waals surface area contributed by atoms with E-state index in [-0.39, 0.29) is 24.5 Å². The first-order valence-electron chi connectivity index (χ1n) is 11.2. The molecule has 6 nitrogen and oxygen atoms in total. The number of benzene rings is 2. The lowest BCUT2D eigenvalue weighted by atomic mass is 10.1. The van der Waals surface area contributed by atoms with Crippen LogP contribution in [0.4, 0.5) is 0 Å². The normalized spacial score (nSPS) is 12.6. The average Bonchev–Trinajstić information content (AvgIpc) is 2.79. The number of aryl methyl sites for hydroxylation is 2. The van der Waals surface area contributed by atoms with Gasteiger partial charge in [0, 0.05) is 12.6 Å². The number of nitrogens with one attached hydrogen (secondary N) is 1. The standard InChI is InChI=1S/C26H36N2O4/c1-7-20(5)27-26(30)23(8-2)28(16-21-11-13-22(31-6)14-12-21)25(29)17-32-24-15-18(3)9-10-19(24)4/h9-15,20,23H,7-8,16-17H2,1-6H3,(H,27,30)/t20-,23-/m0/s1. The van der Waals surface area contributed by atoms with Crippen LogP contribution >= 0.6 is 0 Å². The van der Waals surface area contributed by atoms with Crippen molar-refractivity contribution >= 4 is 11.8 Å². The highest BCUT2D eigenvalue weighted by Gasteiger charge is 2.29. The molecule has 1 N–H and O–H groups in total. The molecule has 2 aromatic rings. The van der Waals surface area contributed by atoms with E-state index in [4.69, 9.17) is 9.47 Å². The minimum Gasteiger partial charge on any atom is -0.497 e. The number of methoxy groups -OCH3 is 1. The first kappa shape index (κ1) is 25.2. The maximum absolute atomic E-state index is 13.3. The Bertz CT molecular complexity index is 895. The smallest absolute Gasteiger partial charge is 0.261 e. The van der Waals surface area contributed by atoms with Gasteiger partial charge in [0.15, 0.2) is 6.61 Å². The Kier molecular flexibility index (Phi) is 9.57. The van der Waals surface area contributed by atoms with Crippen LogP contribution in [0.25, 0.3) is 0 Å². The average molecular weight is 441 g/mol. The van der Waals surface area contributed by atoms with Crippen LogP contribution in [0.1, 0.15) is 50.3 Å². The predicted octanol–water partition coefficient (Wildman–Crippen LogP) is 4.41. The second-order valence-electron chi connectivity index (χ2n) is 8.17. The number of ether oxygens (including phenoxy) is 2. The fraction of sp³-hybridized carbons (Fsp3) is 0.462. The fourth-order valence-corrected chi connectivity index (χ4v) is 3.37. The third-order valence-electron chi connectivity index (χ3n) is 5.59. The van der Waals surface area contributed by atoms with Gasteiger partial charge >= 0.3 is 0 Å². The molecule has 0 spiro atoms. The van der Waals surface area contributed by atoms with E-state index in [1.807, 2.05) is 77.1 Å². The van der Waals surface area contributed by atoms with Crippen molar-refractivity contribution in [3.63, 3.8) is 0 Å². The van der Waals surface area contributed by atoms with Crippen molar-refractivity contribution in [2.24, 2.45) is 0 Å². The molecule has 0 saturated heterocycles. The van der Waals surface area contributed by atoms with E-state index in [9.17, 15) is 9.59 Å². The van der Waals surface area contributed by atoms with Crippen LogP contribution in [0.2, 0.25) is 0 Å². The van der Waals surface area contributed by atoms with Crippen molar-refractivity contribution < 1.29 is 19.1 Å². The van der Waals surface area contributed by atoms with Crippen molar-refractivity contribution in [1.29, 1.82) is 0 Å². The highest BCUT2D eigenvalue weighted by atomic mass is 16.5. The molecule has 2 amide bonds. The Labute approximate surface area is 191 Å². The molecule has 0 heterocycles. The number of carbonyl (C=O) groups is 2. The molecule has 0 aliphatic carbocycles. The molecule has 0 unspecified atom stereocenters. The third kappa shape index (κ3) is 7.01. The van der Waals surface area contributed by atoms with Crippen molar-refractivity contribution in [2.75, 3.05) is 13.7 Å². The maximum atomic E-state index is 13.3. The molecule has 2 rings (SSSR count). The fourth-order valence-electron chi connectivity index (χ4n) is 3.37. The summed E-state index contributed by atoms with van der Waals surface area (Å²) in [6, 6.07) is 12.9. The van der Waals surface area contributed by atoms with Gasteiger partial charge in [-0.1, -0.05) is 38.1 Å². The number of nitrogens with zero attached hydrogens (tertiary/aromatic N) is 1. The largest absolute Gasteiger partial charge is 0.497 e. The molecule has 6 heteroatoms. The highest BCUT2D eigenvalue weighted by Crippen LogP contribution is 2.20. The van der Waals surface area contributed by atoms with Crippen molar-refractivity contribution in [1.82, 2.24) is 10.2 Å². The molecule has 0 aromatic heterocycles. The van der Waals surface area contributed by atoms with Crippen LogP contribution in [0.3, 0.4) is 0 Å². The predicted molar refractivity (Wildman–Crippen MR) is 127 cm³/mol. The van der Waals surface area contributed by atoms with Crippen molar-refractivity contribution in [3.8, 4) is 11.5 Å². The van der Waals surface area contributed by atoms with Crippen LogP contribution in [0.15, 0.2) is 42.5 Å². The molecule has 174 valence electrons. The number of hydrogen-bond acceptors (Lipinski definition) is 4. The first-order valence-corrected chi connectivity index (χ1v) is 11.2. The van der Waals surface area contributed by atoms with Crippen LogP contribution in [0, 0.1) is 13.8 Å². The Morgan fingerprint density at radius 3 is 2.31 bits per heavy atom. The second-order valence-corrected chi connectivity index (χ2v) is 8.17. The first-order chi connectivity index (χ1) is 15.3. The van der Waals surface area contributed by atoms with Gasteiger partial charge in [-0.2, -0.15) is 0 Å². The monoisotopic (exact) mass is 440 g/mol. The molecular weight excluding hydrogens is 404 g/mol. The molecular formula is C26H36N2O4. The Morgan fingerprint density at radius 1 is 1.03 bits per heavy atom. The van der Waals surface area contributed by atoms with Gasteiger partial charge in [-0.15, -0.1) is 0 Å². The minimum absolute atomic E-state index is 0.0423. The third-order valence-corrected chi connectivity index (χ3v) is 5.59. The molecule has 0 aliphatic rings. The van der Waals surface area contributed by atoms with Gasteiger partial charge in [-0.05, 0) is 68.5 Å². The van der Waals surface area contributed by atoms with E-state index >= 15 is 0 Å². The van der Waals surface area contributed by atoms with E-state index in [1.54, 1.807) is 12.0 Å². The summed E-state index contributed by atoms with van der Waals surface area (Å²) in [6.45, 7) is 10.0. The lowest BCUT2D eigenvalue weighted by Crippen LogP contribution is -2.51. The SMILES string of the molecule is CC[C@H](C)NC(=O)[C@H](CC)N(Cc1ccc(OC)cc1)C(=O)COc1cc(C)ccc1C. The van der Waals surface area contributed by atoms with Crippen molar-refractivity contribution in [2.45, 2.75) is 66.1 Å². The molecule has 0 fully saturated rings. The van der Waals surface area contributed by atoms with Gasteiger partial charge in [-0.25, -0.2) is 0 Å². The number of carbonyl (C=O) groups excluding carboxylic acids is 2. The Balaban J connectivity index is 2.24. The number of rotatable bonds is 11. The summed E-state index contributed by atoms with van der Waals surface area (Å²) in [5.41, 5.74) is 2.94. The molecule has 2 atom stereocenters. The lowest BCUT2D eigenvalue weighted by molar-refractivity contribution is -0.143.